The molecule has 0 amide bonds. The van der Waals surface area contributed by atoms with Gasteiger partial charge in [-0.25, -0.2) is 4.79 Å². The SMILES string of the molecule is CC/C=C\C/C=C\C/C=C\C/C=C\CCCCCCCCC(=O)OCC(COC1OC(C(=O)O)C(O)C(O)C1OC(=O)CCCCCCCCCCCCC)OC(=O)CCCCC/C=C\C/C=C\C/C=C\CC. The lowest BCUT2D eigenvalue weighted by molar-refractivity contribution is -0.301. The molecule has 1 aliphatic rings. The summed E-state index contributed by atoms with van der Waals surface area (Å²) in [5, 5.41) is 31.4. The molecule has 416 valence electrons. The Hall–Kier alpha value is -4.10. The molecule has 1 aliphatic heterocycles. The molecule has 0 aliphatic carbocycles. The highest BCUT2D eigenvalue weighted by Crippen LogP contribution is 2.26. The minimum absolute atomic E-state index is 0.0547. The summed E-state index contributed by atoms with van der Waals surface area (Å²) < 4.78 is 28.3. The highest BCUT2D eigenvalue weighted by atomic mass is 16.7. The zero-order valence-corrected chi connectivity index (χ0v) is 45.6. The summed E-state index contributed by atoms with van der Waals surface area (Å²) in [4.78, 5) is 51.0. The Morgan fingerprint density at radius 2 is 0.863 bits per heavy atom. The Balaban J connectivity index is 2.71. The van der Waals surface area contributed by atoms with E-state index >= 15 is 0 Å². The third kappa shape index (κ3) is 39.0. The van der Waals surface area contributed by atoms with Gasteiger partial charge in [-0.2, -0.15) is 0 Å². The van der Waals surface area contributed by atoms with Gasteiger partial charge in [0.05, 0.1) is 6.61 Å². The van der Waals surface area contributed by atoms with Gasteiger partial charge in [-0.05, 0) is 89.9 Å². The Morgan fingerprint density at radius 1 is 0.466 bits per heavy atom. The molecular weight excluding hydrogens is 925 g/mol. The van der Waals surface area contributed by atoms with Crippen molar-refractivity contribution in [1.82, 2.24) is 0 Å². The summed E-state index contributed by atoms with van der Waals surface area (Å²) in [6.45, 7) is 5.70. The lowest BCUT2D eigenvalue weighted by Crippen LogP contribution is -2.61. The molecule has 0 spiro atoms. The van der Waals surface area contributed by atoms with Crippen LogP contribution in [0.5, 0.6) is 0 Å². The molecule has 0 aromatic rings. The summed E-state index contributed by atoms with van der Waals surface area (Å²) >= 11 is 0. The van der Waals surface area contributed by atoms with E-state index in [-0.39, 0.29) is 25.9 Å². The molecule has 1 fully saturated rings. The van der Waals surface area contributed by atoms with Crippen LogP contribution in [0.2, 0.25) is 0 Å². The van der Waals surface area contributed by atoms with Crippen LogP contribution in [0.1, 0.15) is 226 Å². The average Bonchev–Trinajstić information content (AvgIpc) is 3.37. The molecule has 12 heteroatoms. The molecule has 1 rings (SSSR count). The van der Waals surface area contributed by atoms with Crippen LogP contribution >= 0.6 is 0 Å². The van der Waals surface area contributed by atoms with E-state index in [0.29, 0.717) is 19.3 Å². The molecule has 0 aromatic heterocycles. The number of carbonyl (C=O) groups excluding carboxylic acids is 3. The van der Waals surface area contributed by atoms with Crippen LogP contribution < -0.4 is 0 Å². The van der Waals surface area contributed by atoms with Gasteiger partial charge >= 0.3 is 23.9 Å². The molecule has 0 aromatic carbocycles. The number of allylic oxidation sites excluding steroid dienone is 14. The number of aliphatic carboxylic acids is 1. The zero-order valence-electron chi connectivity index (χ0n) is 45.6. The highest BCUT2D eigenvalue weighted by molar-refractivity contribution is 5.74. The van der Waals surface area contributed by atoms with Crippen molar-refractivity contribution in [2.75, 3.05) is 13.2 Å². The number of carbonyl (C=O) groups is 4. The second-order valence-corrected chi connectivity index (χ2v) is 19.2. The molecular formula is C61H100O12. The minimum atomic E-state index is -1.91. The van der Waals surface area contributed by atoms with Crippen LogP contribution in [0.15, 0.2) is 85.1 Å². The fourth-order valence-electron chi connectivity index (χ4n) is 8.14. The first kappa shape index (κ1) is 66.9. The second-order valence-electron chi connectivity index (χ2n) is 19.2. The van der Waals surface area contributed by atoms with Crippen LogP contribution in [0, 0.1) is 0 Å². The van der Waals surface area contributed by atoms with Crippen molar-refractivity contribution >= 4 is 23.9 Å². The van der Waals surface area contributed by atoms with Crippen LogP contribution in [-0.4, -0.2) is 89.2 Å². The van der Waals surface area contributed by atoms with E-state index in [1.807, 2.05) is 0 Å². The Bertz CT molecular complexity index is 1590. The van der Waals surface area contributed by atoms with Crippen molar-refractivity contribution in [2.45, 2.75) is 263 Å². The number of esters is 3. The minimum Gasteiger partial charge on any atom is -0.479 e. The molecule has 73 heavy (non-hydrogen) atoms. The number of aliphatic hydroxyl groups excluding tert-OH is 2. The van der Waals surface area contributed by atoms with Crippen LogP contribution in [0.4, 0.5) is 0 Å². The summed E-state index contributed by atoms with van der Waals surface area (Å²) in [5.74, 6) is -3.18. The first-order valence-corrected chi connectivity index (χ1v) is 28.6. The van der Waals surface area contributed by atoms with E-state index in [1.54, 1.807) is 0 Å². The fraction of sp³-hybridized carbons (Fsp3) is 0.705. The number of ether oxygens (including phenoxy) is 5. The number of aliphatic hydroxyl groups is 2. The van der Waals surface area contributed by atoms with Gasteiger partial charge in [-0.3, -0.25) is 14.4 Å². The molecule has 0 bridgehead atoms. The van der Waals surface area contributed by atoms with Gasteiger partial charge in [0, 0.05) is 19.3 Å². The zero-order chi connectivity index (χ0) is 53.3. The maximum atomic E-state index is 13.1. The van der Waals surface area contributed by atoms with Gasteiger partial charge in [0.15, 0.2) is 24.6 Å². The molecule has 6 unspecified atom stereocenters. The van der Waals surface area contributed by atoms with Crippen LogP contribution in [0.25, 0.3) is 0 Å². The first-order valence-electron chi connectivity index (χ1n) is 28.6. The molecule has 6 atom stereocenters. The maximum absolute atomic E-state index is 13.1. The van der Waals surface area contributed by atoms with Crippen molar-refractivity contribution in [3.63, 3.8) is 0 Å². The Labute approximate surface area is 441 Å². The molecule has 1 saturated heterocycles. The van der Waals surface area contributed by atoms with Gasteiger partial charge in [0.1, 0.15) is 18.8 Å². The van der Waals surface area contributed by atoms with Gasteiger partial charge in [-0.1, -0.05) is 202 Å². The molecule has 0 radical (unpaired) electrons. The average molecular weight is 1030 g/mol. The van der Waals surface area contributed by atoms with Gasteiger partial charge in [-0.15, -0.1) is 0 Å². The molecule has 12 nitrogen and oxygen atoms in total. The smallest absolute Gasteiger partial charge is 0.335 e. The van der Waals surface area contributed by atoms with Crippen LogP contribution in [0.3, 0.4) is 0 Å². The number of hydrogen-bond acceptors (Lipinski definition) is 11. The summed E-state index contributed by atoms with van der Waals surface area (Å²) in [6.07, 6.45) is 49.9. The van der Waals surface area contributed by atoms with E-state index < -0.39 is 67.3 Å². The summed E-state index contributed by atoms with van der Waals surface area (Å²) in [5.41, 5.74) is 0. The second kappa shape index (κ2) is 48.8. The quantitative estimate of drug-likeness (QED) is 0.0228. The molecule has 1 heterocycles. The normalized spacial score (nSPS) is 18.9. The summed E-state index contributed by atoms with van der Waals surface area (Å²) in [6, 6.07) is 0. The standard InChI is InChI=1S/C61H100O12/c1-4-7-10-13-16-19-22-24-25-26-27-28-29-31-33-35-38-41-44-47-53(62)69-50-52(71-54(63)48-45-42-39-37-34-30-23-20-17-14-11-8-5-2)51-70-61-59(57(66)56(65)58(73-61)60(67)68)72-55(64)49-46-43-40-36-32-21-18-15-12-9-6-3/h7-8,10-11,16-17,19-20,24-25,27-28,30,34,52,56-59,61,65-66H,4-6,9,12-15,18,21-23,26,29,31-33,35-51H2,1-3H3,(H,67,68)/b10-7-,11-8-,19-16-,20-17-,25-24-,28-27-,34-30-. The number of carboxylic acid groups (broad SMARTS) is 1. The molecule has 0 saturated carbocycles. The number of carboxylic acids is 1. The van der Waals surface area contributed by atoms with Crippen molar-refractivity contribution in [3.05, 3.63) is 85.1 Å². The Kier molecular flexibility index (Phi) is 44.7. The third-order valence-electron chi connectivity index (χ3n) is 12.5. The lowest BCUT2D eigenvalue weighted by atomic mass is 9.98. The van der Waals surface area contributed by atoms with Crippen molar-refractivity contribution in [2.24, 2.45) is 0 Å². The van der Waals surface area contributed by atoms with Gasteiger partial charge in [0.25, 0.3) is 0 Å². The Morgan fingerprint density at radius 3 is 1.33 bits per heavy atom. The van der Waals surface area contributed by atoms with E-state index in [4.69, 9.17) is 23.7 Å². The van der Waals surface area contributed by atoms with E-state index in [2.05, 4.69) is 106 Å². The van der Waals surface area contributed by atoms with Crippen LogP contribution in [-0.2, 0) is 42.9 Å². The van der Waals surface area contributed by atoms with E-state index in [0.717, 1.165) is 128 Å². The first-order chi connectivity index (χ1) is 35.6. The largest absolute Gasteiger partial charge is 0.479 e. The lowest BCUT2D eigenvalue weighted by Gasteiger charge is -2.40. The van der Waals surface area contributed by atoms with E-state index in [1.165, 1.54) is 38.5 Å². The van der Waals surface area contributed by atoms with E-state index in [9.17, 15) is 34.5 Å². The van der Waals surface area contributed by atoms with Crippen molar-refractivity contribution in [3.8, 4) is 0 Å². The predicted molar refractivity (Wildman–Crippen MR) is 294 cm³/mol. The third-order valence-corrected chi connectivity index (χ3v) is 12.5. The topological polar surface area (TPSA) is 175 Å². The number of rotatable bonds is 47. The summed E-state index contributed by atoms with van der Waals surface area (Å²) in [7, 11) is 0. The van der Waals surface area contributed by atoms with Crippen molar-refractivity contribution in [1.29, 1.82) is 0 Å². The number of hydrogen-bond donors (Lipinski definition) is 3. The van der Waals surface area contributed by atoms with Crippen molar-refractivity contribution < 1.29 is 58.2 Å². The number of unbranched alkanes of at least 4 members (excludes halogenated alkanes) is 19. The maximum Gasteiger partial charge on any atom is 0.335 e. The monoisotopic (exact) mass is 1020 g/mol. The molecule has 3 N–H and O–H groups in total. The van der Waals surface area contributed by atoms with Gasteiger partial charge in [0.2, 0.25) is 0 Å². The fourth-order valence-corrected chi connectivity index (χ4v) is 8.14. The highest BCUT2D eigenvalue weighted by Gasteiger charge is 2.50. The predicted octanol–water partition coefficient (Wildman–Crippen LogP) is 14.3. The van der Waals surface area contributed by atoms with Gasteiger partial charge < -0.3 is 39.0 Å².